The molecular weight excluding hydrogens is 178 g/mol. The number of hydrogen-bond acceptors (Lipinski definition) is 3. The van der Waals surface area contributed by atoms with Gasteiger partial charge in [-0.15, -0.1) is 0 Å². The maximum absolute atomic E-state index is 9.01. The highest BCUT2D eigenvalue weighted by molar-refractivity contribution is 5.41. The molecule has 78 valence electrons. The first-order valence-corrected chi connectivity index (χ1v) is 4.76. The van der Waals surface area contributed by atoms with Crippen LogP contribution < -0.4 is 10.5 Å². The van der Waals surface area contributed by atoms with Crippen molar-refractivity contribution in [3.63, 3.8) is 0 Å². The SMILES string of the molecule is CCc1c(OC)cccc1C(N)CO. The van der Waals surface area contributed by atoms with E-state index in [0.29, 0.717) is 0 Å². The number of rotatable bonds is 4. The van der Waals surface area contributed by atoms with Gasteiger partial charge in [-0.05, 0) is 23.6 Å². The van der Waals surface area contributed by atoms with Crippen molar-refractivity contribution in [3.8, 4) is 5.75 Å². The molecule has 0 bridgehead atoms. The zero-order valence-corrected chi connectivity index (χ0v) is 8.66. The molecule has 0 saturated carbocycles. The van der Waals surface area contributed by atoms with Crippen LogP contribution in [-0.4, -0.2) is 18.8 Å². The lowest BCUT2D eigenvalue weighted by Gasteiger charge is -2.16. The largest absolute Gasteiger partial charge is 0.496 e. The van der Waals surface area contributed by atoms with Gasteiger partial charge in [0.25, 0.3) is 0 Å². The van der Waals surface area contributed by atoms with Crippen LogP contribution in [0.2, 0.25) is 0 Å². The van der Waals surface area contributed by atoms with Crippen molar-refractivity contribution in [2.45, 2.75) is 19.4 Å². The number of hydrogen-bond donors (Lipinski definition) is 2. The highest BCUT2D eigenvalue weighted by Crippen LogP contribution is 2.26. The zero-order valence-electron chi connectivity index (χ0n) is 8.66. The summed E-state index contributed by atoms with van der Waals surface area (Å²) in [4.78, 5) is 0. The van der Waals surface area contributed by atoms with Crippen LogP contribution in [0.5, 0.6) is 5.75 Å². The maximum atomic E-state index is 9.01. The summed E-state index contributed by atoms with van der Waals surface area (Å²) < 4.78 is 5.23. The second kappa shape index (κ2) is 4.98. The summed E-state index contributed by atoms with van der Waals surface area (Å²) in [5.74, 6) is 0.842. The number of aliphatic hydroxyl groups excluding tert-OH is 1. The second-order valence-electron chi connectivity index (χ2n) is 3.17. The number of ether oxygens (including phenoxy) is 1. The zero-order chi connectivity index (χ0) is 10.6. The van der Waals surface area contributed by atoms with Crippen LogP contribution in [0.25, 0.3) is 0 Å². The summed E-state index contributed by atoms with van der Waals surface area (Å²) in [5.41, 5.74) is 7.84. The van der Waals surface area contributed by atoms with Crippen molar-refractivity contribution in [2.75, 3.05) is 13.7 Å². The normalized spacial score (nSPS) is 12.6. The Labute approximate surface area is 84.5 Å². The molecule has 0 radical (unpaired) electrons. The van der Waals surface area contributed by atoms with Crippen LogP contribution in [0, 0.1) is 0 Å². The van der Waals surface area contributed by atoms with Gasteiger partial charge in [-0.2, -0.15) is 0 Å². The molecule has 1 unspecified atom stereocenters. The molecule has 0 aliphatic carbocycles. The van der Waals surface area contributed by atoms with Gasteiger partial charge in [0.05, 0.1) is 19.8 Å². The molecule has 0 aromatic heterocycles. The van der Waals surface area contributed by atoms with Gasteiger partial charge in [-0.1, -0.05) is 19.1 Å². The fraction of sp³-hybridized carbons (Fsp3) is 0.455. The van der Waals surface area contributed by atoms with Crippen LogP contribution in [-0.2, 0) is 6.42 Å². The van der Waals surface area contributed by atoms with Crippen LogP contribution in [0.4, 0.5) is 0 Å². The lowest BCUT2D eigenvalue weighted by atomic mass is 9.98. The van der Waals surface area contributed by atoms with E-state index >= 15 is 0 Å². The molecule has 3 heteroatoms. The molecule has 1 atom stereocenters. The maximum Gasteiger partial charge on any atom is 0.122 e. The van der Waals surface area contributed by atoms with Crippen molar-refractivity contribution in [1.82, 2.24) is 0 Å². The lowest BCUT2D eigenvalue weighted by molar-refractivity contribution is 0.267. The molecule has 0 spiro atoms. The molecule has 0 fully saturated rings. The predicted molar refractivity (Wildman–Crippen MR) is 56.4 cm³/mol. The van der Waals surface area contributed by atoms with Crippen molar-refractivity contribution in [3.05, 3.63) is 29.3 Å². The molecule has 3 nitrogen and oxygen atoms in total. The Kier molecular flexibility index (Phi) is 3.92. The van der Waals surface area contributed by atoms with Gasteiger partial charge in [-0.3, -0.25) is 0 Å². The summed E-state index contributed by atoms with van der Waals surface area (Å²) in [6.45, 7) is 2.01. The first-order chi connectivity index (χ1) is 6.74. The van der Waals surface area contributed by atoms with Gasteiger partial charge in [0.15, 0.2) is 0 Å². The monoisotopic (exact) mass is 195 g/mol. The second-order valence-corrected chi connectivity index (χ2v) is 3.17. The number of benzene rings is 1. The molecule has 0 heterocycles. The first kappa shape index (κ1) is 11.0. The van der Waals surface area contributed by atoms with Gasteiger partial charge in [0, 0.05) is 0 Å². The number of aliphatic hydroxyl groups is 1. The summed E-state index contributed by atoms with van der Waals surface area (Å²) in [6.07, 6.45) is 0.854. The van der Waals surface area contributed by atoms with Crippen molar-refractivity contribution in [1.29, 1.82) is 0 Å². The average molecular weight is 195 g/mol. The Bertz CT molecular complexity index is 299. The van der Waals surface area contributed by atoms with E-state index in [4.69, 9.17) is 15.6 Å². The smallest absolute Gasteiger partial charge is 0.122 e. The summed E-state index contributed by atoms with van der Waals surface area (Å²) in [7, 11) is 1.64. The van der Waals surface area contributed by atoms with Gasteiger partial charge in [-0.25, -0.2) is 0 Å². The van der Waals surface area contributed by atoms with E-state index in [0.717, 1.165) is 23.3 Å². The van der Waals surface area contributed by atoms with E-state index in [1.807, 2.05) is 25.1 Å². The van der Waals surface area contributed by atoms with Crippen molar-refractivity contribution in [2.24, 2.45) is 5.73 Å². The molecular formula is C11H17NO2. The number of methoxy groups -OCH3 is 1. The van der Waals surface area contributed by atoms with Crippen LogP contribution in [0.15, 0.2) is 18.2 Å². The molecule has 1 rings (SSSR count). The van der Waals surface area contributed by atoms with E-state index in [1.54, 1.807) is 7.11 Å². The molecule has 3 N–H and O–H groups in total. The van der Waals surface area contributed by atoms with Crippen LogP contribution in [0.3, 0.4) is 0 Å². The minimum Gasteiger partial charge on any atom is -0.496 e. The Morgan fingerprint density at radius 2 is 2.21 bits per heavy atom. The third-order valence-corrected chi connectivity index (χ3v) is 2.34. The van der Waals surface area contributed by atoms with Crippen LogP contribution in [0.1, 0.15) is 24.1 Å². The van der Waals surface area contributed by atoms with Crippen LogP contribution >= 0.6 is 0 Å². The Morgan fingerprint density at radius 3 is 2.71 bits per heavy atom. The van der Waals surface area contributed by atoms with E-state index in [2.05, 4.69) is 0 Å². The van der Waals surface area contributed by atoms with E-state index in [-0.39, 0.29) is 12.6 Å². The standard InChI is InChI=1S/C11H17NO2/c1-3-8-9(10(12)7-13)5-4-6-11(8)14-2/h4-6,10,13H,3,7,12H2,1-2H3. The summed E-state index contributed by atoms with van der Waals surface area (Å²) >= 11 is 0. The molecule has 14 heavy (non-hydrogen) atoms. The third kappa shape index (κ3) is 2.05. The molecule has 0 aliphatic rings. The minimum atomic E-state index is -0.319. The molecule has 1 aromatic carbocycles. The average Bonchev–Trinajstić information content (AvgIpc) is 2.26. The summed E-state index contributed by atoms with van der Waals surface area (Å²) in [5, 5.41) is 9.01. The topological polar surface area (TPSA) is 55.5 Å². The lowest BCUT2D eigenvalue weighted by Crippen LogP contribution is -2.16. The number of nitrogens with two attached hydrogens (primary N) is 1. The fourth-order valence-corrected chi connectivity index (χ4v) is 1.60. The third-order valence-electron chi connectivity index (χ3n) is 2.34. The molecule has 0 amide bonds. The fourth-order valence-electron chi connectivity index (χ4n) is 1.60. The van der Waals surface area contributed by atoms with Gasteiger partial charge >= 0.3 is 0 Å². The summed E-state index contributed by atoms with van der Waals surface area (Å²) in [6, 6.07) is 5.41. The molecule has 0 saturated heterocycles. The van der Waals surface area contributed by atoms with Crippen molar-refractivity contribution < 1.29 is 9.84 Å². The molecule has 1 aromatic rings. The quantitative estimate of drug-likeness (QED) is 0.760. The van der Waals surface area contributed by atoms with Gasteiger partial charge in [0.2, 0.25) is 0 Å². The first-order valence-electron chi connectivity index (χ1n) is 4.76. The Morgan fingerprint density at radius 1 is 1.50 bits per heavy atom. The predicted octanol–water partition coefficient (Wildman–Crippen LogP) is 1.25. The minimum absolute atomic E-state index is 0.0415. The van der Waals surface area contributed by atoms with E-state index in [9.17, 15) is 0 Å². The highest BCUT2D eigenvalue weighted by Gasteiger charge is 2.12. The van der Waals surface area contributed by atoms with Gasteiger partial charge in [0.1, 0.15) is 5.75 Å². The highest BCUT2D eigenvalue weighted by atomic mass is 16.5. The van der Waals surface area contributed by atoms with Crippen molar-refractivity contribution >= 4 is 0 Å². The molecule has 0 aliphatic heterocycles. The van der Waals surface area contributed by atoms with E-state index in [1.165, 1.54) is 0 Å². The Balaban J connectivity index is 3.14. The van der Waals surface area contributed by atoms with Gasteiger partial charge < -0.3 is 15.6 Å². The Hall–Kier alpha value is -1.06. The van der Waals surface area contributed by atoms with E-state index < -0.39 is 0 Å².